The van der Waals surface area contributed by atoms with E-state index in [9.17, 15) is 4.79 Å². The van der Waals surface area contributed by atoms with Gasteiger partial charge in [-0.3, -0.25) is 4.79 Å². The van der Waals surface area contributed by atoms with E-state index < -0.39 is 0 Å². The zero-order chi connectivity index (χ0) is 15.5. The summed E-state index contributed by atoms with van der Waals surface area (Å²) in [4.78, 5) is 12.0. The molecule has 0 radical (unpaired) electrons. The van der Waals surface area contributed by atoms with Gasteiger partial charge in [-0.1, -0.05) is 35.8 Å². The van der Waals surface area contributed by atoms with Gasteiger partial charge in [-0.15, -0.1) is 0 Å². The number of carbonyl (C=O) groups excluding carboxylic acids is 1. The lowest BCUT2D eigenvalue weighted by Gasteiger charge is -2.51. The Balaban J connectivity index is 1.78. The van der Waals surface area contributed by atoms with E-state index in [-0.39, 0.29) is 17.4 Å². The van der Waals surface area contributed by atoms with Crippen LogP contribution in [0, 0.1) is 5.41 Å². The van der Waals surface area contributed by atoms with Crippen molar-refractivity contribution in [3.8, 4) is 0 Å². The predicted molar refractivity (Wildman–Crippen MR) is 88.4 cm³/mol. The first-order valence-corrected chi connectivity index (χ1v) is 8.13. The Kier molecular flexibility index (Phi) is 5.41. The Hall–Kier alpha value is -0.910. The molecule has 2 unspecified atom stereocenters. The number of benzene rings is 1. The van der Waals surface area contributed by atoms with Gasteiger partial charge in [-0.2, -0.15) is 0 Å². The van der Waals surface area contributed by atoms with Gasteiger partial charge in [0.2, 0.25) is 5.91 Å². The first kappa shape index (κ1) is 16.5. The molecule has 5 heteroatoms. The highest BCUT2D eigenvalue weighted by atomic mass is 79.9. The van der Waals surface area contributed by atoms with Crippen molar-refractivity contribution in [3.63, 3.8) is 0 Å². The minimum absolute atomic E-state index is 0.0243. The molecule has 2 atom stereocenters. The third-order valence-electron chi connectivity index (χ3n) is 4.16. The molecule has 1 aromatic carbocycles. The number of carbonyl (C=O) groups is 1. The zero-order valence-electron chi connectivity index (χ0n) is 12.8. The maximum absolute atomic E-state index is 12.0. The zero-order valence-corrected chi connectivity index (χ0v) is 14.4. The molecule has 0 aliphatic heterocycles. The van der Waals surface area contributed by atoms with Crippen LogP contribution >= 0.6 is 15.9 Å². The smallest absolute Gasteiger partial charge is 0.238 e. The first-order chi connectivity index (χ1) is 9.93. The van der Waals surface area contributed by atoms with E-state index in [0.717, 1.165) is 23.2 Å². The Morgan fingerprint density at radius 1 is 1.48 bits per heavy atom. The highest BCUT2D eigenvalue weighted by Crippen LogP contribution is 2.42. The van der Waals surface area contributed by atoms with Crippen LogP contribution in [0.5, 0.6) is 0 Å². The summed E-state index contributed by atoms with van der Waals surface area (Å²) in [7, 11) is 0. The summed E-state index contributed by atoms with van der Waals surface area (Å²) in [6.07, 6.45) is 1.25. The second-order valence-electron chi connectivity index (χ2n) is 5.99. The third kappa shape index (κ3) is 4.05. The van der Waals surface area contributed by atoms with Crippen LogP contribution in [-0.2, 0) is 9.53 Å². The molecule has 21 heavy (non-hydrogen) atoms. The SMILES string of the molecule is CCOC1CC(NCC(=O)Nc2cccc(Br)c2)C1(C)C. The van der Waals surface area contributed by atoms with Crippen molar-refractivity contribution in [2.24, 2.45) is 5.41 Å². The summed E-state index contributed by atoms with van der Waals surface area (Å²) in [6, 6.07) is 7.91. The van der Waals surface area contributed by atoms with Gasteiger partial charge in [0.1, 0.15) is 0 Å². The number of nitrogens with one attached hydrogen (secondary N) is 2. The summed E-state index contributed by atoms with van der Waals surface area (Å²) >= 11 is 3.39. The molecule has 1 amide bonds. The van der Waals surface area contributed by atoms with Crippen molar-refractivity contribution < 1.29 is 9.53 Å². The largest absolute Gasteiger partial charge is 0.378 e. The van der Waals surface area contributed by atoms with E-state index >= 15 is 0 Å². The minimum Gasteiger partial charge on any atom is -0.378 e. The van der Waals surface area contributed by atoms with Gasteiger partial charge in [0.15, 0.2) is 0 Å². The number of halogens is 1. The van der Waals surface area contributed by atoms with Gasteiger partial charge in [-0.05, 0) is 31.5 Å². The molecule has 2 rings (SSSR count). The summed E-state index contributed by atoms with van der Waals surface area (Å²) in [6.45, 7) is 7.44. The summed E-state index contributed by atoms with van der Waals surface area (Å²) < 4.78 is 6.64. The molecule has 0 heterocycles. The van der Waals surface area contributed by atoms with Crippen LogP contribution in [0.4, 0.5) is 5.69 Å². The molecular formula is C16H23BrN2O2. The molecule has 1 fully saturated rings. The van der Waals surface area contributed by atoms with Gasteiger partial charge in [0, 0.05) is 28.2 Å². The van der Waals surface area contributed by atoms with E-state index in [0.29, 0.717) is 12.6 Å². The van der Waals surface area contributed by atoms with Crippen LogP contribution in [0.3, 0.4) is 0 Å². The molecule has 0 saturated heterocycles. The molecule has 0 bridgehead atoms. The highest BCUT2D eigenvalue weighted by Gasteiger charge is 2.48. The van der Waals surface area contributed by atoms with Crippen molar-refractivity contribution in [3.05, 3.63) is 28.7 Å². The molecule has 1 saturated carbocycles. The number of rotatable bonds is 6. The van der Waals surface area contributed by atoms with Crippen LogP contribution in [0.2, 0.25) is 0 Å². The Labute approximate surface area is 134 Å². The first-order valence-electron chi connectivity index (χ1n) is 7.34. The van der Waals surface area contributed by atoms with Gasteiger partial charge >= 0.3 is 0 Å². The van der Waals surface area contributed by atoms with Gasteiger partial charge < -0.3 is 15.4 Å². The third-order valence-corrected chi connectivity index (χ3v) is 4.66. The summed E-state index contributed by atoms with van der Waals surface area (Å²) in [5, 5.41) is 6.22. The lowest BCUT2D eigenvalue weighted by molar-refractivity contribution is -0.123. The fourth-order valence-electron chi connectivity index (χ4n) is 2.70. The molecule has 1 aliphatic rings. The number of hydrogen-bond donors (Lipinski definition) is 2. The van der Waals surface area contributed by atoms with Gasteiger partial charge in [0.05, 0.1) is 12.6 Å². The van der Waals surface area contributed by atoms with Crippen molar-refractivity contribution >= 4 is 27.5 Å². The van der Waals surface area contributed by atoms with Crippen LogP contribution in [-0.4, -0.2) is 31.2 Å². The standard InChI is InChI=1S/C16H23BrN2O2/c1-4-21-14-9-13(16(14,2)3)18-10-15(20)19-12-7-5-6-11(17)8-12/h5-8,13-14,18H,4,9-10H2,1-3H3,(H,19,20). The van der Waals surface area contributed by atoms with E-state index in [1.165, 1.54) is 0 Å². The number of hydrogen-bond acceptors (Lipinski definition) is 3. The van der Waals surface area contributed by atoms with E-state index in [4.69, 9.17) is 4.74 Å². The number of ether oxygens (including phenoxy) is 1. The molecule has 0 aromatic heterocycles. The Morgan fingerprint density at radius 3 is 2.86 bits per heavy atom. The minimum atomic E-state index is -0.0243. The average Bonchev–Trinajstić information content (AvgIpc) is 2.42. The molecule has 1 aliphatic carbocycles. The van der Waals surface area contributed by atoms with Crippen LogP contribution in [0.15, 0.2) is 28.7 Å². The second kappa shape index (κ2) is 6.90. The lowest BCUT2D eigenvalue weighted by Crippen LogP contribution is -2.61. The lowest BCUT2D eigenvalue weighted by atomic mass is 9.64. The highest BCUT2D eigenvalue weighted by molar-refractivity contribution is 9.10. The maximum atomic E-state index is 12.0. The van der Waals surface area contributed by atoms with Crippen LogP contribution in [0.1, 0.15) is 27.2 Å². The monoisotopic (exact) mass is 354 g/mol. The van der Waals surface area contributed by atoms with Crippen molar-refractivity contribution in [2.75, 3.05) is 18.5 Å². The summed E-state index contributed by atoms with van der Waals surface area (Å²) in [5.74, 6) is -0.0243. The van der Waals surface area contributed by atoms with Gasteiger partial charge in [-0.25, -0.2) is 0 Å². The molecular weight excluding hydrogens is 332 g/mol. The summed E-state index contributed by atoms with van der Waals surface area (Å²) in [5.41, 5.74) is 0.878. The van der Waals surface area contributed by atoms with Crippen LogP contribution in [0.25, 0.3) is 0 Å². The van der Waals surface area contributed by atoms with E-state index in [1.807, 2.05) is 31.2 Å². The van der Waals surface area contributed by atoms with E-state index in [2.05, 4.69) is 40.4 Å². The molecule has 4 nitrogen and oxygen atoms in total. The topological polar surface area (TPSA) is 50.4 Å². The van der Waals surface area contributed by atoms with Crippen molar-refractivity contribution in [1.29, 1.82) is 0 Å². The second-order valence-corrected chi connectivity index (χ2v) is 6.91. The van der Waals surface area contributed by atoms with E-state index in [1.54, 1.807) is 0 Å². The number of anilines is 1. The fourth-order valence-corrected chi connectivity index (χ4v) is 3.10. The molecule has 1 aromatic rings. The molecule has 2 N–H and O–H groups in total. The molecule has 0 spiro atoms. The predicted octanol–water partition coefficient (Wildman–Crippen LogP) is 3.18. The van der Waals surface area contributed by atoms with Crippen LogP contribution < -0.4 is 10.6 Å². The normalized spacial score (nSPS) is 23.4. The average molecular weight is 355 g/mol. The quantitative estimate of drug-likeness (QED) is 0.824. The Morgan fingerprint density at radius 2 is 2.24 bits per heavy atom. The van der Waals surface area contributed by atoms with Crippen molar-refractivity contribution in [2.45, 2.75) is 39.3 Å². The number of amides is 1. The van der Waals surface area contributed by atoms with Gasteiger partial charge in [0.25, 0.3) is 0 Å². The molecule has 116 valence electrons. The fraction of sp³-hybridized carbons (Fsp3) is 0.562. The Bertz CT molecular complexity index is 505. The van der Waals surface area contributed by atoms with Crippen molar-refractivity contribution in [1.82, 2.24) is 5.32 Å². The maximum Gasteiger partial charge on any atom is 0.238 e.